The number of carbonyl (C=O) groups excluding carboxylic acids is 1. The first-order chi connectivity index (χ1) is 16.7. The quantitative estimate of drug-likeness (QED) is 0.315. The predicted octanol–water partition coefficient (Wildman–Crippen LogP) is 6.53. The maximum atomic E-state index is 13.3. The summed E-state index contributed by atoms with van der Waals surface area (Å²) >= 11 is 0. The molecule has 2 heterocycles. The Labute approximate surface area is 195 Å². The van der Waals surface area contributed by atoms with E-state index in [9.17, 15) is 10.1 Å². The molecule has 0 amide bonds. The summed E-state index contributed by atoms with van der Waals surface area (Å²) in [6.45, 7) is 2.65. The lowest BCUT2D eigenvalue weighted by Crippen LogP contribution is -2.09. The van der Waals surface area contributed by atoms with Crippen molar-refractivity contribution in [3.05, 3.63) is 95.6 Å². The van der Waals surface area contributed by atoms with E-state index in [-0.39, 0.29) is 6.61 Å². The molecule has 164 valence electrons. The number of nitrogens with zero attached hydrogens (tertiary/aromatic N) is 2. The van der Waals surface area contributed by atoms with Crippen LogP contribution in [-0.4, -0.2) is 22.1 Å². The first kappa shape index (κ1) is 20.1. The van der Waals surface area contributed by atoms with Gasteiger partial charge in [0.15, 0.2) is 0 Å². The minimum absolute atomic E-state index is 0.237. The number of para-hydroxylation sites is 2. The molecule has 4 aromatic carbocycles. The number of rotatable bonds is 4. The Kier molecular flexibility index (Phi) is 4.60. The van der Waals surface area contributed by atoms with Gasteiger partial charge in [0.25, 0.3) is 0 Å². The number of esters is 1. The van der Waals surface area contributed by atoms with Crippen LogP contribution < -0.4 is 0 Å². The van der Waals surface area contributed by atoms with Crippen molar-refractivity contribution in [2.75, 3.05) is 6.61 Å². The lowest BCUT2D eigenvalue weighted by atomic mass is 9.96. The van der Waals surface area contributed by atoms with Gasteiger partial charge in [-0.2, -0.15) is 5.26 Å². The number of fused-ring (bicyclic) bond motifs is 7. The van der Waals surface area contributed by atoms with E-state index in [2.05, 4.69) is 33.8 Å². The summed E-state index contributed by atoms with van der Waals surface area (Å²) in [6, 6.07) is 28.6. The Balaban J connectivity index is 1.87. The third kappa shape index (κ3) is 2.82. The summed E-state index contributed by atoms with van der Waals surface area (Å²) in [5.74, 6) is -0.476. The largest absolute Gasteiger partial charge is 0.462 e. The van der Waals surface area contributed by atoms with Gasteiger partial charge in [0, 0.05) is 39.1 Å². The fourth-order valence-corrected chi connectivity index (χ4v) is 5.10. The molecule has 6 aromatic rings. The molecule has 34 heavy (non-hydrogen) atoms. The van der Waals surface area contributed by atoms with Gasteiger partial charge in [-0.1, -0.05) is 66.7 Å². The van der Waals surface area contributed by atoms with E-state index in [4.69, 9.17) is 4.74 Å². The molecule has 0 bridgehead atoms. The fourth-order valence-electron chi connectivity index (χ4n) is 5.10. The summed E-state index contributed by atoms with van der Waals surface area (Å²) in [7, 11) is 0. The molecule has 0 aliphatic carbocycles. The minimum Gasteiger partial charge on any atom is -0.462 e. The third-order valence-electron chi connectivity index (χ3n) is 6.44. The number of H-pyrrole nitrogens is 1. The van der Waals surface area contributed by atoms with E-state index >= 15 is 0 Å². The first-order valence-corrected chi connectivity index (χ1v) is 11.3. The molecule has 0 radical (unpaired) electrons. The maximum absolute atomic E-state index is 13.3. The van der Waals surface area contributed by atoms with Crippen LogP contribution >= 0.6 is 0 Å². The molecule has 0 saturated carbocycles. The van der Waals surface area contributed by atoms with E-state index in [0.717, 1.165) is 49.2 Å². The minimum atomic E-state index is -0.476. The zero-order valence-electron chi connectivity index (χ0n) is 18.6. The van der Waals surface area contributed by atoms with Crippen LogP contribution in [0.1, 0.15) is 28.4 Å². The molecular formula is C29H21N3O2. The van der Waals surface area contributed by atoms with Crippen molar-refractivity contribution in [1.29, 1.82) is 5.26 Å². The van der Waals surface area contributed by atoms with Gasteiger partial charge in [-0.15, -0.1) is 0 Å². The summed E-state index contributed by atoms with van der Waals surface area (Å²) in [6.07, 6.45) is 0. The average molecular weight is 444 g/mol. The zero-order chi connectivity index (χ0) is 23.2. The Morgan fingerprint density at radius 2 is 1.65 bits per heavy atom. The Morgan fingerprint density at radius 1 is 0.941 bits per heavy atom. The molecule has 0 unspecified atom stereocenters. The molecule has 0 saturated heterocycles. The number of nitriles is 1. The van der Waals surface area contributed by atoms with Gasteiger partial charge < -0.3 is 14.3 Å². The van der Waals surface area contributed by atoms with Gasteiger partial charge in [0.2, 0.25) is 0 Å². The van der Waals surface area contributed by atoms with Crippen LogP contribution in [0, 0.1) is 11.3 Å². The van der Waals surface area contributed by atoms with Crippen molar-refractivity contribution >= 4 is 49.6 Å². The SMILES string of the molecule is CCOC(=O)c1c(C#N)c2c3ccccc3n(Cc3ccccc3)c2c2[nH]c3ccccc3c12. The van der Waals surface area contributed by atoms with Crippen LogP contribution in [0.25, 0.3) is 43.6 Å². The molecule has 0 atom stereocenters. The van der Waals surface area contributed by atoms with E-state index in [1.54, 1.807) is 6.92 Å². The Hall–Kier alpha value is -4.56. The smallest absolute Gasteiger partial charge is 0.340 e. The summed E-state index contributed by atoms with van der Waals surface area (Å²) in [5.41, 5.74) is 5.52. The second-order valence-corrected chi connectivity index (χ2v) is 8.32. The molecule has 1 N–H and O–H groups in total. The number of hydrogen-bond donors (Lipinski definition) is 1. The second-order valence-electron chi connectivity index (χ2n) is 8.32. The van der Waals surface area contributed by atoms with Crippen molar-refractivity contribution in [3.8, 4) is 6.07 Å². The van der Waals surface area contributed by atoms with Crippen LogP contribution in [0.15, 0.2) is 78.9 Å². The molecule has 5 heteroatoms. The molecular weight excluding hydrogens is 422 g/mol. The molecule has 6 rings (SSSR count). The van der Waals surface area contributed by atoms with Gasteiger partial charge in [-0.05, 0) is 24.6 Å². The second kappa shape index (κ2) is 7.79. The van der Waals surface area contributed by atoms with Crippen LogP contribution in [0.4, 0.5) is 0 Å². The van der Waals surface area contributed by atoms with E-state index < -0.39 is 5.97 Å². The number of aromatic nitrogens is 2. The molecule has 5 nitrogen and oxygen atoms in total. The van der Waals surface area contributed by atoms with E-state index in [1.807, 2.05) is 60.7 Å². The highest BCUT2D eigenvalue weighted by atomic mass is 16.5. The van der Waals surface area contributed by atoms with Gasteiger partial charge in [0.05, 0.1) is 28.8 Å². The topological polar surface area (TPSA) is 70.8 Å². The Morgan fingerprint density at radius 3 is 2.41 bits per heavy atom. The normalized spacial score (nSPS) is 11.4. The van der Waals surface area contributed by atoms with Crippen LogP contribution in [0.2, 0.25) is 0 Å². The fraction of sp³-hybridized carbons (Fsp3) is 0.103. The number of aromatic amines is 1. The number of benzene rings is 4. The number of nitrogens with one attached hydrogen (secondary N) is 1. The van der Waals surface area contributed by atoms with Crippen molar-refractivity contribution in [2.24, 2.45) is 0 Å². The molecule has 0 spiro atoms. The number of ether oxygens (including phenoxy) is 1. The van der Waals surface area contributed by atoms with E-state index in [0.29, 0.717) is 17.7 Å². The number of carbonyl (C=O) groups is 1. The maximum Gasteiger partial charge on any atom is 0.340 e. The predicted molar refractivity (Wildman–Crippen MR) is 135 cm³/mol. The standard InChI is InChI=1S/C29H21N3O2/c1-2-34-29(33)26-21(16-30)24-20-13-7-9-15-23(20)32(17-18-10-4-3-5-11-18)28(24)27-25(26)19-12-6-8-14-22(19)31-27/h3-15,31H,2,17H2,1H3. The van der Waals surface area contributed by atoms with Gasteiger partial charge in [-0.3, -0.25) is 0 Å². The van der Waals surface area contributed by atoms with E-state index in [1.165, 1.54) is 0 Å². The van der Waals surface area contributed by atoms with Crippen LogP contribution in [-0.2, 0) is 11.3 Å². The summed E-state index contributed by atoms with van der Waals surface area (Å²) in [4.78, 5) is 16.8. The molecule has 0 fully saturated rings. The van der Waals surface area contributed by atoms with Gasteiger partial charge in [0.1, 0.15) is 6.07 Å². The monoisotopic (exact) mass is 443 g/mol. The molecule has 2 aromatic heterocycles. The zero-order valence-corrected chi connectivity index (χ0v) is 18.6. The van der Waals surface area contributed by atoms with Crippen molar-refractivity contribution in [3.63, 3.8) is 0 Å². The highest BCUT2D eigenvalue weighted by Crippen LogP contribution is 2.42. The molecule has 0 aliphatic heterocycles. The summed E-state index contributed by atoms with van der Waals surface area (Å²) < 4.78 is 7.69. The van der Waals surface area contributed by atoms with Crippen molar-refractivity contribution in [1.82, 2.24) is 9.55 Å². The van der Waals surface area contributed by atoms with Crippen molar-refractivity contribution in [2.45, 2.75) is 13.5 Å². The average Bonchev–Trinajstić information content (AvgIpc) is 3.40. The van der Waals surface area contributed by atoms with Gasteiger partial charge >= 0.3 is 5.97 Å². The van der Waals surface area contributed by atoms with Crippen molar-refractivity contribution < 1.29 is 9.53 Å². The highest BCUT2D eigenvalue weighted by molar-refractivity contribution is 6.29. The first-order valence-electron chi connectivity index (χ1n) is 11.3. The number of hydrogen-bond acceptors (Lipinski definition) is 3. The summed E-state index contributed by atoms with van der Waals surface area (Å²) in [5, 5.41) is 13.7. The highest BCUT2D eigenvalue weighted by Gasteiger charge is 2.28. The third-order valence-corrected chi connectivity index (χ3v) is 6.44. The van der Waals surface area contributed by atoms with Crippen LogP contribution in [0.5, 0.6) is 0 Å². The Bertz CT molecular complexity index is 1770. The van der Waals surface area contributed by atoms with Crippen LogP contribution in [0.3, 0.4) is 0 Å². The lowest BCUT2D eigenvalue weighted by molar-refractivity contribution is 0.0528. The van der Waals surface area contributed by atoms with Gasteiger partial charge in [-0.25, -0.2) is 4.79 Å². The lowest BCUT2D eigenvalue weighted by Gasteiger charge is -2.12. The molecule has 0 aliphatic rings.